The number of halogens is 1. The molecule has 1 heterocycles. The third-order valence-electron chi connectivity index (χ3n) is 5.95. The van der Waals surface area contributed by atoms with E-state index in [1.165, 1.54) is 23.1 Å². The summed E-state index contributed by atoms with van der Waals surface area (Å²) >= 11 is 7.52. The second kappa shape index (κ2) is 12.0. The summed E-state index contributed by atoms with van der Waals surface area (Å²) in [6.07, 6.45) is 0.622. The molecular formula is C26H28ClN3O4S. The molecular weight excluding hydrogens is 486 g/mol. The Kier molecular flexibility index (Phi) is 9.01. The zero-order chi connectivity index (χ0) is 25.5. The van der Waals surface area contributed by atoms with Crippen molar-refractivity contribution in [2.75, 3.05) is 6.54 Å². The van der Waals surface area contributed by atoms with Gasteiger partial charge in [0.1, 0.15) is 11.6 Å². The van der Waals surface area contributed by atoms with Gasteiger partial charge in [0.2, 0.25) is 5.91 Å². The lowest BCUT2D eigenvalue weighted by molar-refractivity contribution is -0.384. The average molecular weight is 514 g/mol. The van der Waals surface area contributed by atoms with Gasteiger partial charge >= 0.3 is 0 Å². The highest BCUT2D eigenvalue weighted by Crippen LogP contribution is 2.26. The predicted octanol–water partition coefficient (Wildman–Crippen LogP) is 6.09. The zero-order valence-corrected chi connectivity index (χ0v) is 21.5. The van der Waals surface area contributed by atoms with Crippen LogP contribution < -0.4 is 0 Å². The quantitative estimate of drug-likeness (QED) is 0.242. The van der Waals surface area contributed by atoms with Gasteiger partial charge in [-0.2, -0.15) is 0 Å². The molecule has 35 heavy (non-hydrogen) atoms. The molecule has 0 aliphatic carbocycles. The van der Waals surface area contributed by atoms with Gasteiger partial charge in [-0.05, 0) is 55.0 Å². The monoisotopic (exact) mass is 513 g/mol. The second-order valence-corrected chi connectivity index (χ2v) is 9.78. The second-order valence-electron chi connectivity index (χ2n) is 8.38. The summed E-state index contributed by atoms with van der Waals surface area (Å²) in [6, 6.07) is 15.4. The SMILES string of the molecule is CCC(C)N(CC(=O)N(Cc1ccccc1)Cc1sccc1C)C(=O)c1ccc(Cl)c([N+](=O)[O-])c1. The van der Waals surface area contributed by atoms with Crippen LogP contribution in [0.2, 0.25) is 5.02 Å². The Labute approximate surface area is 214 Å². The fraction of sp³-hybridized carbons (Fsp3) is 0.308. The molecule has 0 aliphatic rings. The number of nitrogens with zero attached hydrogens (tertiary/aromatic N) is 3. The van der Waals surface area contributed by atoms with Crippen molar-refractivity contribution in [2.45, 2.75) is 46.3 Å². The summed E-state index contributed by atoms with van der Waals surface area (Å²) in [4.78, 5) is 42.0. The number of aryl methyl sites for hydroxylation is 1. The fourth-order valence-electron chi connectivity index (χ4n) is 3.62. The molecule has 1 atom stereocenters. The number of amides is 2. The van der Waals surface area contributed by atoms with Crippen molar-refractivity contribution in [1.82, 2.24) is 9.80 Å². The number of nitro benzene ring substituents is 1. The Morgan fingerprint density at radius 1 is 1.11 bits per heavy atom. The minimum atomic E-state index is -0.622. The highest BCUT2D eigenvalue weighted by Gasteiger charge is 2.28. The molecule has 3 aromatic rings. The van der Waals surface area contributed by atoms with Crippen LogP contribution in [0.1, 0.15) is 46.6 Å². The molecule has 0 saturated carbocycles. The van der Waals surface area contributed by atoms with Gasteiger partial charge in [0.15, 0.2) is 0 Å². The summed E-state index contributed by atoms with van der Waals surface area (Å²) < 4.78 is 0. The van der Waals surface area contributed by atoms with Gasteiger partial charge in [0.05, 0.1) is 11.5 Å². The zero-order valence-electron chi connectivity index (χ0n) is 19.9. The molecule has 2 aromatic carbocycles. The first-order chi connectivity index (χ1) is 16.7. The van der Waals surface area contributed by atoms with E-state index in [0.717, 1.165) is 16.0 Å². The lowest BCUT2D eigenvalue weighted by Crippen LogP contribution is -2.46. The maximum absolute atomic E-state index is 13.6. The lowest BCUT2D eigenvalue weighted by Gasteiger charge is -2.31. The van der Waals surface area contributed by atoms with Gasteiger partial charge in [-0.1, -0.05) is 48.9 Å². The standard InChI is InChI=1S/C26H28ClN3O4S/c1-4-19(3)29(26(32)21-10-11-22(27)23(14-21)30(33)34)17-25(31)28(15-20-8-6-5-7-9-20)16-24-18(2)12-13-35-24/h5-14,19H,4,15-17H2,1-3H3. The van der Waals surface area contributed by atoms with Crippen molar-refractivity contribution in [3.05, 3.63) is 96.7 Å². The van der Waals surface area contributed by atoms with E-state index >= 15 is 0 Å². The summed E-state index contributed by atoms with van der Waals surface area (Å²) in [5.74, 6) is -0.641. The van der Waals surface area contributed by atoms with Gasteiger partial charge in [-0.25, -0.2) is 0 Å². The number of rotatable bonds is 10. The Hall–Kier alpha value is -3.23. The van der Waals surface area contributed by atoms with E-state index in [1.807, 2.05) is 62.5 Å². The van der Waals surface area contributed by atoms with Crippen LogP contribution in [0, 0.1) is 17.0 Å². The molecule has 7 nitrogen and oxygen atoms in total. The van der Waals surface area contributed by atoms with Crippen molar-refractivity contribution in [3.63, 3.8) is 0 Å². The van der Waals surface area contributed by atoms with Gasteiger partial charge in [-0.3, -0.25) is 19.7 Å². The lowest BCUT2D eigenvalue weighted by atomic mass is 10.1. The Balaban J connectivity index is 1.88. The van der Waals surface area contributed by atoms with E-state index in [1.54, 1.807) is 16.2 Å². The summed E-state index contributed by atoms with van der Waals surface area (Å²) in [6.45, 7) is 6.51. The van der Waals surface area contributed by atoms with Gasteiger partial charge in [-0.15, -0.1) is 11.3 Å². The van der Waals surface area contributed by atoms with Crippen molar-refractivity contribution in [1.29, 1.82) is 0 Å². The molecule has 0 radical (unpaired) electrons. The molecule has 1 unspecified atom stereocenters. The van der Waals surface area contributed by atoms with Crippen molar-refractivity contribution >= 4 is 40.4 Å². The molecule has 1 aromatic heterocycles. The number of benzene rings is 2. The topological polar surface area (TPSA) is 83.8 Å². The molecule has 0 saturated heterocycles. The third-order valence-corrected chi connectivity index (χ3v) is 7.28. The Morgan fingerprint density at radius 2 is 1.83 bits per heavy atom. The van der Waals surface area contributed by atoms with Crippen molar-refractivity contribution < 1.29 is 14.5 Å². The first kappa shape index (κ1) is 26.4. The number of hydrogen-bond acceptors (Lipinski definition) is 5. The normalized spacial score (nSPS) is 11.7. The van der Waals surface area contributed by atoms with Gasteiger partial charge < -0.3 is 9.80 Å². The molecule has 184 valence electrons. The van der Waals surface area contributed by atoms with Crippen LogP contribution in [0.3, 0.4) is 0 Å². The van der Waals surface area contributed by atoms with Crippen LogP contribution in [-0.4, -0.2) is 39.1 Å². The molecule has 0 N–H and O–H groups in total. The van der Waals surface area contributed by atoms with E-state index in [-0.39, 0.29) is 34.8 Å². The predicted molar refractivity (Wildman–Crippen MR) is 139 cm³/mol. The largest absolute Gasteiger partial charge is 0.332 e. The molecule has 0 aliphatic heterocycles. The number of thiophene rings is 1. The summed E-state index contributed by atoms with van der Waals surface area (Å²) in [5.41, 5.74) is 1.89. The molecule has 0 spiro atoms. The van der Waals surface area contributed by atoms with Crippen LogP contribution in [0.5, 0.6) is 0 Å². The van der Waals surface area contributed by atoms with E-state index in [2.05, 4.69) is 0 Å². The van der Waals surface area contributed by atoms with Crippen molar-refractivity contribution in [2.24, 2.45) is 0 Å². The van der Waals surface area contributed by atoms with E-state index in [9.17, 15) is 19.7 Å². The van der Waals surface area contributed by atoms with E-state index in [4.69, 9.17) is 11.6 Å². The molecule has 2 amide bonds. The maximum Gasteiger partial charge on any atom is 0.288 e. The molecule has 0 fully saturated rings. The van der Waals surface area contributed by atoms with E-state index in [0.29, 0.717) is 19.5 Å². The van der Waals surface area contributed by atoms with Crippen LogP contribution >= 0.6 is 22.9 Å². The summed E-state index contributed by atoms with van der Waals surface area (Å²) in [7, 11) is 0. The van der Waals surface area contributed by atoms with E-state index < -0.39 is 10.8 Å². The molecule has 3 rings (SSSR count). The first-order valence-electron chi connectivity index (χ1n) is 11.3. The molecule has 0 bridgehead atoms. The average Bonchev–Trinajstić information content (AvgIpc) is 3.26. The minimum Gasteiger partial charge on any atom is -0.332 e. The van der Waals surface area contributed by atoms with Crippen LogP contribution in [0.4, 0.5) is 5.69 Å². The fourth-order valence-corrected chi connectivity index (χ4v) is 4.73. The van der Waals surface area contributed by atoms with Crippen LogP contribution in [0.25, 0.3) is 0 Å². The van der Waals surface area contributed by atoms with Crippen molar-refractivity contribution in [3.8, 4) is 0 Å². The van der Waals surface area contributed by atoms with Crippen LogP contribution in [-0.2, 0) is 17.9 Å². The minimum absolute atomic E-state index is 0.0435. The summed E-state index contributed by atoms with van der Waals surface area (Å²) in [5, 5.41) is 13.3. The highest BCUT2D eigenvalue weighted by molar-refractivity contribution is 7.10. The molecule has 9 heteroatoms. The number of nitro groups is 1. The third kappa shape index (κ3) is 6.68. The van der Waals surface area contributed by atoms with Gasteiger partial charge in [0, 0.05) is 29.1 Å². The number of carbonyl (C=O) groups is 2. The van der Waals surface area contributed by atoms with Gasteiger partial charge in [0.25, 0.3) is 11.6 Å². The number of hydrogen-bond donors (Lipinski definition) is 0. The Bertz CT molecular complexity index is 1200. The maximum atomic E-state index is 13.6. The Morgan fingerprint density at radius 3 is 2.43 bits per heavy atom. The number of carbonyl (C=O) groups excluding carboxylic acids is 2. The highest BCUT2D eigenvalue weighted by atomic mass is 35.5. The smallest absolute Gasteiger partial charge is 0.288 e. The first-order valence-corrected chi connectivity index (χ1v) is 12.6. The van der Waals surface area contributed by atoms with Crippen LogP contribution in [0.15, 0.2) is 60.0 Å².